The first-order valence-corrected chi connectivity index (χ1v) is 7.87. The molecule has 2 aromatic carbocycles. The molecule has 3 rings (SSSR count). The Kier molecular flexibility index (Phi) is 5.02. The van der Waals surface area contributed by atoms with Crippen LogP contribution in [-0.4, -0.2) is 27.7 Å². The number of hydrogen-bond donors (Lipinski definition) is 1. The number of aromatic nitrogens is 2. The lowest BCUT2D eigenvalue weighted by Gasteiger charge is -2.11. The van der Waals surface area contributed by atoms with Gasteiger partial charge in [-0.1, -0.05) is 12.1 Å². The van der Waals surface area contributed by atoms with Crippen LogP contribution in [0.2, 0.25) is 0 Å². The molecule has 0 aliphatic rings. The van der Waals surface area contributed by atoms with Crippen LogP contribution in [0, 0.1) is 10.1 Å². The van der Waals surface area contributed by atoms with Crippen LogP contribution >= 0.6 is 0 Å². The molecule has 138 valence electrons. The van der Waals surface area contributed by atoms with Crippen molar-refractivity contribution in [2.24, 2.45) is 7.05 Å². The van der Waals surface area contributed by atoms with E-state index in [-0.39, 0.29) is 22.8 Å². The summed E-state index contributed by atoms with van der Waals surface area (Å²) in [7, 11) is 3.18. The number of amides is 1. The van der Waals surface area contributed by atoms with Gasteiger partial charge in [-0.05, 0) is 18.2 Å². The van der Waals surface area contributed by atoms with E-state index in [0.29, 0.717) is 11.5 Å². The van der Waals surface area contributed by atoms with Crippen molar-refractivity contribution in [3.8, 4) is 17.2 Å². The molecule has 9 nitrogen and oxygen atoms in total. The largest absolute Gasteiger partial charge is 0.493 e. The van der Waals surface area contributed by atoms with Gasteiger partial charge >= 0.3 is 0 Å². The van der Waals surface area contributed by atoms with Gasteiger partial charge in [0, 0.05) is 25.4 Å². The van der Waals surface area contributed by atoms with Crippen molar-refractivity contribution in [1.82, 2.24) is 9.78 Å². The van der Waals surface area contributed by atoms with E-state index >= 15 is 0 Å². The van der Waals surface area contributed by atoms with Crippen LogP contribution in [0.15, 0.2) is 54.7 Å². The van der Waals surface area contributed by atoms with E-state index in [1.165, 1.54) is 30.0 Å². The quantitative estimate of drug-likeness (QED) is 0.528. The molecule has 0 saturated heterocycles. The van der Waals surface area contributed by atoms with Crippen molar-refractivity contribution in [3.05, 3.63) is 70.5 Å². The summed E-state index contributed by atoms with van der Waals surface area (Å²) >= 11 is 0. The molecule has 1 aromatic heterocycles. The molecule has 0 fully saturated rings. The van der Waals surface area contributed by atoms with Crippen molar-refractivity contribution in [2.45, 2.75) is 0 Å². The van der Waals surface area contributed by atoms with Crippen LogP contribution in [0.25, 0.3) is 0 Å². The second kappa shape index (κ2) is 7.56. The summed E-state index contributed by atoms with van der Waals surface area (Å²) in [4.78, 5) is 22.9. The van der Waals surface area contributed by atoms with Gasteiger partial charge in [-0.3, -0.25) is 19.6 Å². The number of nitrogens with one attached hydrogen (secondary N) is 1. The molecule has 0 spiro atoms. The molecule has 0 atom stereocenters. The Hall–Kier alpha value is -3.88. The Bertz CT molecular complexity index is 999. The lowest BCUT2D eigenvalue weighted by atomic mass is 10.2. The number of carbonyl (C=O) groups is 1. The third-order valence-corrected chi connectivity index (χ3v) is 3.60. The number of non-ortho nitro benzene ring substituents is 1. The predicted octanol–water partition coefficient (Wildman–Crippen LogP) is 3.38. The number of methoxy groups -OCH3 is 1. The zero-order valence-corrected chi connectivity index (χ0v) is 14.6. The Morgan fingerprint density at radius 2 is 1.93 bits per heavy atom. The second-order valence-electron chi connectivity index (χ2n) is 5.55. The maximum atomic E-state index is 12.3. The standard InChI is InChI=1S/C18H16N4O5/c1-21-8-7-15(20-21)18(23)19-12-9-13(22(24)25)11-14(10-12)27-17-6-4-3-5-16(17)26-2/h3-11H,1-2H3,(H,19,23). The first kappa shape index (κ1) is 17.9. The van der Waals surface area contributed by atoms with Crippen LogP contribution in [0.5, 0.6) is 17.2 Å². The molecular weight excluding hydrogens is 352 g/mol. The van der Waals surface area contributed by atoms with E-state index in [4.69, 9.17) is 9.47 Å². The predicted molar refractivity (Wildman–Crippen MR) is 97.3 cm³/mol. The van der Waals surface area contributed by atoms with Crippen molar-refractivity contribution in [2.75, 3.05) is 12.4 Å². The molecule has 1 N–H and O–H groups in total. The Labute approximate surface area is 154 Å². The van der Waals surface area contributed by atoms with Crippen LogP contribution in [-0.2, 0) is 7.05 Å². The van der Waals surface area contributed by atoms with Gasteiger partial charge in [0.15, 0.2) is 17.2 Å². The summed E-state index contributed by atoms with van der Waals surface area (Å²) in [5, 5.41) is 17.8. The van der Waals surface area contributed by atoms with E-state index < -0.39 is 10.8 Å². The van der Waals surface area contributed by atoms with Gasteiger partial charge < -0.3 is 14.8 Å². The van der Waals surface area contributed by atoms with Crippen molar-refractivity contribution in [1.29, 1.82) is 0 Å². The number of carbonyl (C=O) groups excluding carboxylic acids is 1. The third kappa shape index (κ3) is 4.21. The van der Waals surface area contributed by atoms with Gasteiger partial charge in [-0.2, -0.15) is 5.10 Å². The van der Waals surface area contributed by atoms with Gasteiger partial charge in [0.25, 0.3) is 11.6 Å². The van der Waals surface area contributed by atoms with E-state index in [1.807, 2.05) is 0 Å². The van der Waals surface area contributed by atoms with Crippen LogP contribution in [0.4, 0.5) is 11.4 Å². The summed E-state index contributed by atoms with van der Waals surface area (Å²) in [6.07, 6.45) is 1.62. The average molecular weight is 368 g/mol. The lowest BCUT2D eigenvalue weighted by molar-refractivity contribution is -0.384. The Morgan fingerprint density at radius 1 is 1.19 bits per heavy atom. The van der Waals surface area contributed by atoms with Gasteiger partial charge in [-0.15, -0.1) is 0 Å². The molecule has 0 radical (unpaired) electrons. The minimum absolute atomic E-state index is 0.185. The first-order chi connectivity index (χ1) is 13.0. The summed E-state index contributed by atoms with van der Waals surface area (Å²) < 4.78 is 12.4. The zero-order chi connectivity index (χ0) is 19.4. The number of ether oxygens (including phenoxy) is 2. The van der Waals surface area contributed by atoms with Gasteiger partial charge in [0.2, 0.25) is 0 Å². The highest BCUT2D eigenvalue weighted by Gasteiger charge is 2.16. The van der Waals surface area contributed by atoms with Crippen molar-refractivity contribution >= 4 is 17.3 Å². The van der Waals surface area contributed by atoms with Crippen molar-refractivity contribution in [3.63, 3.8) is 0 Å². The molecule has 0 bridgehead atoms. The second-order valence-corrected chi connectivity index (χ2v) is 5.55. The number of para-hydroxylation sites is 2. The molecule has 1 heterocycles. The zero-order valence-electron chi connectivity index (χ0n) is 14.6. The lowest BCUT2D eigenvalue weighted by Crippen LogP contribution is -2.13. The minimum Gasteiger partial charge on any atom is -0.493 e. The van der Waals surface area contributed by atoms with E-state index in [2.05, 4.69) is 10.4 Å². The fourth-order valence-corrected chi connectivity index (χ4v) is 2.38. The number of nitrogens with zero attached hydrogens (tertiary/aromatic N) is 3. The number of benzene rings is 2. The van der Waals surface area contributed by atoms with Crippen LogP contribution in [0.3, 0.4) is 0 Å². The molecule has 0 aliphatic heterocycles. The Balaban J connectivity index is 1.90. The molecule has 1 amide bonds. The normalized spacial score (nSPS) is 10.3. The molecule has 9 heteroatoms. The molecule has 0 aliphatic carbocycles. The van der Waals surface area contributed by atoms with Gasteiger partial charge in [-0.25, -0.2) is 0 Å². The van der Waals surface area contributed by atoms with Gasteiger partial charge in [0.1, 0.15) is 5.75 Å². The number of rotatable bonds is 6. The summed E-state index contributed by atoms with van der Waals surface area (Å²) in [6.45, 7) is 0. The smallest absolute Gasteiger partial charge is 0.276 e. The molecular formula is C18H16N4O5. The SMILES string of the molecule is COc1ccccc1Oc1cc(NC(=O)c2ccn(C)n2)cc([N+](=O)[O-])c1. The number of hydrogen-bond acceptors (Lipinski definition) is 6. The average Bonchev–Trinajstić information content (AvgIpc) is 3.08. The minimum atomic E-state index is -0.564. The number of aryl methyl sites for hydroxylation is 1. The topological polar surface area (TPSA) is 109 Å². The highest BCUT2D eigenvalue weighted by atomic mass is 16.6. The fraction of sp³-hybridized carbons (Fsp3) is 0.111. The van der Waals surface area contributed by atoms with Crippen molar-refractivity contribution < 1.29 is 19.2 Å². The highest BCUT2D eigenvalue weighted by molar-refractivity contribution is 6.03. The summed E-state index contributed by atoms with van der Waals surface area (Å²) in [5.74, 6) is 0.565. The highest BCUT2D eigenvalue weighted by Crippen LogP contribution is 2.34. The fourth-order valence-electron chi connectivity index (χ4n) is 2.38. The summed E-state index contributed by atoms with van der Waals surface area (Å²) in [6, 6.07) is 12.4. The van der Waals surface area contributed by atoms with Crippen LogP contribution < -0.4 is 14.8 Å². The number of nitro groups is 1. The molecule has 0 saturated carbocycles. The van der Waals surface area contributed by atoms with Crippen LogP contribution in [0.1, 0.15) is 10.5 Å². The molecule has 0 unspecified atom stereocenters. The third-order valence-electron chi connectivity index (χ3n) is 3.60. The monoisotopic (exact) mass is 368 g/mol. The maximum absolute atomic E-state index is 12.3. The number of nitro benzene ring substituents is 1. The molecule has 27 heavy (non-hydrogen) atoms. The number of anilines is 1. The maximum Gasteiger partial charge on any atom is 0.276 e. The van der Waals surface area contributed by atoms with E-state index in [0.717, 1.165) is 0 Å². The van der Waals surface area contributed by atoms with Gasteiger partial charge in [0.05, 0.1) is 23.8 Å². The Morgan fingerprint density at radius 3 is 2.56 bits per heavy atom. The van der Waals surface area contributed by atoms with E-state index in [1.54, 1.807) is 43.6 Å². The summed E-state index contributed by atoms with van der Waals surface area (Å²) in [5.41, 5.74) is 0.180. The van der Waals surface area contributed by atoms with E-state index in [9.17, 15) is 14.9 Å². The first-order valence-electron chi connectivity index (χ1n) is 7.87. The molecule has 3 aromatic rings.